The predicted octanol–water partition coefficient (Wildman–Crippen LogP) is 6.42. The topological polar surface area (TPSA) is 61.6 Å². The van der Waals surface area contributed by atoms with Crippen LogP contribution in [0.5, 0.6) is 0 Å². The Kier molecular flexibility index (Phi) is 9.48. The Morgan fingerprint density at radius 1 is 1.07 bits per heavy atom. The quantitative estimate of drug-likeness (QED) is 0.303. The highest BCUT2D eigenvalue weighted by atomic mass is 19.1. The molecule has 0 bridgehead atoms. The number of carbonyl (C=O) groups is 1. The van der Waals surface area contributed by atoms with Crippen molar-refractivity contribution in [1.29, 1.82) is 0 Å². The van der Waals surface area contributed by atoms with Gasteiger partial charge in [-0.05, 0) is 79.4 Å². The van der Waals surface area contributed by atoms with Gasteiger partial charge >= 0.3 is 5.97 Å². The predicted molar refractivity (Wildman–Crippen MR) is 165 cm³/mol. The van der Waals surface area contributed by atoms with Crippen LogP contribution in [-0.4, -0.2) is 69.4 Å². The lowest BCUT2D eigenvalue weighted by Crippen LogP contribution is -2.43. The van der Waals surface area contributed by atoms with Crippen LogP contribution < -0.4 is 0 Å². The minimum absolute atomic E-state index is 0.0955. The van der Waals surface area contributed by atoms with E-state index in [2.05, 4.69) is 78.7 Å². The van der Waals surface area contributed by atoms with Crippen LogP contribution in [-0.2, 0) is 17.8 Å². The molecule has 6 nitrogen and oxygen atoms in total. The van der Waals surface area contributed by atoms with E-state index in [0.717, 1.165) is 57.5 Å². The molecule has 1 N–H and O–H groups in total. The molecule has 0 saturated carbocycles. The zero-order chi connectivity index (χ0) is 29.9. The highest BCUT2D eigenvalue weighted by Crippen LogP contribution is 2.38. The van der Waals surface area contributed by atoms with Gasteiger partial charge < -0.3 is 10.0 Å². The molecule has 5 rings (SSSR count). The Hall–Kier alpha value is -3.03. The zero-order valence-corrected chi connectivity index (χ0v) is 25.7. The summed E-state index contributed by atoms with van der Waals surface area (Å²) in [5.41, 5.74) is 4.92. The van der Waals surface area contributed by atoms with E-state index in [4.69, 9.17) is 5.10 Å². The van der Waals surface area contributed by atoms with Crippen LogP contribution in [0.4, 0.5) is 4.39 Å². The molecule has 0 spiro atoms. The summed E-state index contributed by atoms with van der Waals surface area (Å²) < 4.78 is 16.5. The van der Waals surface area contributed by atoms with Gasteiger partial charge in [0, 0.05) is 50.1 Å². The number of carboxylic acid groups (broad SMARTS) is 1. The number of rotatable bonds is 10. The molecule has 0 unspecified atom stereocenters. The second kappa shape index (κ2) is 13.1. The van der Waals surface area contributed by atoms with E-state index in [0.29, 0.717) is 18.9 Å². The van der Waals surface area contributed by atoms with Gasteiger partial charge in [0.1, 0.15) is 11.9 Å². The van der Waals surface area contributed by atoms with Crippen LogP contribution in [0.1, 0.15) is 81.2 Å². The molecule has 0 amide bonds. The summed E-state index contributed by atoms with van der Waals surface area (Å²) in [6, 6.07) is 17.0. The Bertz CT molecular complexity index is 1330. The molecule has 0 radical (unpaired) electrons. The van der Waals surface area contributed by atoms with E-state index in [9.17, 15) is 14.3 Å². The van der Waals surface area contributed by atoms with Gasteiger partial charge in [0.15, 0.2) is 0 Å². The van der Waals surface area contributed by atoms with Crippen molar-refractivity contribution in [2.45, 2.75) is 77.8 Å². The number of carboxylic acids is 1. The summed E-state index contributed by atoms with van der Waals surface area (Å²) in [5.74, 6) is -0.152. The van der Waals surface area contributed by atoms with E-state index < -0.39 is 12.0 Å². The van der Waals surface area contributed by atoms with E-state index in [1.54, 1.807) is 12.1 Å². The van der Waals surface area contributed by atoms with Gasteiger partial charge in [-0.1, -0.05) is 63.2 Å². The maximum atomic E-state index is 14.3. The molecule has 7 heteroatoms. The second-order valence-corrected chi connectivity index (χ2v) is 13.6. The summed E-state index contributed by atoms with van der Waals surface area (Å²) in [6.45, 7) is 13.6. The van der Waals surface area contributed by atoms with Crippen LogP contribution in [0, 0.1) is 17.2 Å². The summed E-state index contributed by atoms with van der Waals surface area (Å²) in [7, 11) is 0. The highest BCUT2D eigenvalue weighted by molar-refractivity contribution is 5.73. The molecule has 3 aromatic rings. The summed E-state index contributed by atoms with van der Waals surface area (Å²) in [6.07, 6.45) is 5.72. The van der Waals surface area contributed by atoms with Gasteiger partial charge in [-0.25, -0.2) is 4.39 Å². The number of nitrogens with zero attached hydrogens (tertiary/aromatic N) is 4. The number of aryl methyl sites for hydroxylation is 1. The summed E-state index contributed by atoms with van der Waals surface area (Å²) in [5, 5.41) is 14.9. The molecule has 2 aliphatic rings. The van der Waals surface area contributed by atoms with Crippen molar-refractivity contribution in [2.24, 2.45) is 11.3 Å². The average Bonchev–Trinajstić information content (AvgIpc) is 3.56. The van der Waals surface area contributed by atoms with Crippen molar-refractivity contribution in [3.8, 4) is 0 Å². The summed E-state index contributed by atoms with van der Waals surface area (Å²) in [4.78, 5) is 17.1. The number of halogens is 1. The lowest BCUT2D eigenvalue weighted by atomic mass is 9.86. The highest BCUT2D eigenvalue weighted by Gasteiger charge is 2.41. The molecular weight excluding hydrogens is 527 g/mol. The molecule has 2 saturated heterocycles. The molecule has 2 fully saturated rings. The monoisotopic (exact) mass is 574 g/mol. The Labute approximate surface area is 250 Å². The van der Waals surface area contributed by atoms with Crippen LogP contribution in [0.3, 0.4) is 0 Å². The number of likely N-dealkylation sites (tertiary alicyclic amines) is 2. The van der Waals surface area contributed by atoms with Crippen molar-refractivity contribution < 1.29 is 14.3 Å². The average molecular weight is 575 g/mol. The minimum atomic E-state index is -0.761. The first kappa shape index (κ1) is 30.4. The van der Waals surface area contributed by atoms with Crippen molar-refractivity contribution in [3.05, 3.63) is 89.0 Å². The third-order valence-corrected chi connectivity index (χ3v) is 9.24. The Balaban J connectivity index is 1.29. The fourth-order valence-electron chi connectivity index (χ4n) is 7.24. The van der Waals surface area contributed by atoms with Crippen molar-refractivity contribution >= 4 is 5.97 Å². The Morgan fingerprint density at radius 2 is 1.81 bits per heavy atom. The van der Waals surface area contributed by atoms with Crippen LogP contribution in [0.25, 0.3) is 0 Å². The smallest absolute Gasteiger partial charge is 0.320 e. The van der Waals surface area contributed by atoms with E-state index in [1.165, 1.54) is 22.9 Å². The molecular formula is C35H47FN4O2. The van der Waals surface area contributed by atoms with E-state index >= 15 is 0 Å². The largest absolute Gasteiger partial charge is 0.480 e. The standard InChI is InChI=1S/C35H47FN4O2/c1-5-40-33(28(21-37-40)18-25-10-7-6-8-11-25)26-14-16-38(17-15-26)22-29-23-39(32(34(41)42)20-35(2,3)4)24-31(29)27-12-9-13-30(36)19-27/h6-13,19,21,26,29,31-32H,5,14-18,20,22-24H2,1-4H3,(H,41,42)/t29-,31+,32+/m0/s1. The van der Waals surface area contributed by atoms with Crippen molar-refractivity contribution in [2.75, 3.05) is 32.7 Å². The number of piperidine rings is 1. The maximum Gasteiger partial charge on any atom is 0.320 e. The minimum Gasteiger partial charge on any atom is -0.480 e. The molecule has 0 aliphatic carbocycles. The molecule has 3 atom stereocenters. The number of benzene rings is 2. The van der Waals surface area contributed by atoms with Crippen LogP contribution in [0.2, 0.25) is 0 Å². The SMILES string of the molecule is CCn1ncc(Cc2ccccc2)c1C1CCN(C[C@H]2CN([C@H](CC(C)(C)C)C(=O)O)C[C@@H]2c2cccc(F)c2)CC1. The maximum absolute atomic E-state index is 14.3. The van der Waals surface area contributed by atoms with Crippen molar-refractivity contribution in [3.63, 3.8) is 0 Å². The normalized spacial score (nSPS) is 21.5. The van der Waals surface area contributed by atoms with E-state index in [1.807, 2.05) is 6.07 Å². The molecule has 226 valence electrons. The van der Waals surface area contributed by atoms with Crippen LogP contribution in [0.15, 0.2) is 60.8 Å². The third kappa shape index (κ3) is 7.30. The van der Waals surface area contributed by atoms with Gasteiger partial charge in [-0.3, -0.25) is 14.4 Å². The number of aliphatic carboxylic acids is 1. The molecule has 1 aromatic heterocycles. The second-order valence-electron chi connectivity index (χ2n) is 13.6. The van der Waals surface area contributed by atoms with Crippen molar-refractivity contribution in [1.82, 2.24) is 19.6 Å². The van der Waals surface area contributed by atoms with Gasteiger partial charge in [0.25, 0.3) is 0 Å². The number of hydrogen-bond acceptors (Lipinski definition) is 4. The first-order chi connectivity index (χ1) is 20.1. The van der Waals surface area contributed by atoms with Gasteiger partial charge in [-0.15, -0.1) is 0 Å². The Morgan fingerprint density at radius 3 is 2.45 bits per heavy atom. The van der Waals surface area contributed by atoms with E-state index in [-0.39, 0.29) is 23.1 Å². The van der Waals surface area contributed by atoms with Gasteiger partial charge in [0.05, 0.1) is 6.20 Å². The third-order valence-electron chi connectivity index (χ3n) is 9.24. The van der Waals surface area contributed by atoms with Gasteiger partial charge in [0.2, 0.25) is 0 Å². The number of aromatic nitrogens is 2. The van der Waals surface area contributed by atoms with Crippen LogP contribution >= 0.6 is 0 Å². The molecule has 2 aliphatic heterocycles. The molecule has 42 heavy (non-hydrogen) atoms. The first-order valence-electron chi connectivity index (χ1n) is 15.6. The lowest BCUT2D eigenvalue weighted by Gasteiger charge is -2.35. The number of hydrogen-bond donors (Lipinski definition) is 1. The summed E-state index contributed by atoms with van der Waals surface area (Å²) >= 11 is 0. The first-order valence-corrected chi connectivity index (χ1v) is 15.6. The fraction of sp³-hybridized carbons (Fsp3) is 0.543. The lowest BCUT2D eigenvalue weighted by molar-refractivity contribution is -0.144. The van der Waals surface area contributed by atoms with Gasteiger partial charge in [-0.2, -0.15) is 5.10 Å². The molecule has 3 heterocycles. The molecule has 2 aromatic carbocycles. The fourth-order valence-corrected chi connectivity index (χ4v) is 7.24. The zero-order valence-electron chi connectivity index (χ0n) is 25.7.